The second-order valence-electron chi connectivity index (χ2n) is 6.58. The van der Waals surface area contributed by atoms with Crippen LogP contribution in [0.5, 0.6) is 0 Å². The van der Waals surface area contributed by atoms with Gasteiger partial charge in [-0.15, -0.1) is 0 Å². The van der Waals surface area contributed by atoms with Crippen LogP contribution in [0.25, 0.3) is 6.08 Å². The number of nitrogens with one attached hydrogen (secondary N) is 1. The number of rotatable bonds is 7. The molecule has 0 spiro atoms. The third-order valence-electron chi connectivity index (χ3n) is 4.34. The highest BCUT2D eigenvalue weighted by molar-refractivity contribution is 6.30. The number of nitro groups is 2. The van der Waals surface area contributed by atoms with Gasteiger partial charge in [-0.05, 0) is 36.8 Å². The molecule has 0 aliphatic heterocycles. The van der Waals surface area contributed by atoms with Crippen molar-refractivity contribution in [3.63, 3.8) is 0 Å². The van der Waals surface area contributed by atoms with E-state index < -0.39 is 15.5 Å². The molecule has 0 aromatic heterocycles. The summed E-state index contributed by atoms with van der Waals surface area (Å²) in [6, 6.07) is 18.2. The van der Waals surface area contributed by atoms with Crippen LogP contribution in [0.1, 0.15) is 16.7 Å². The molecule has 8 nitrogen and oxygen atoms in total. The van der Waals surface area contributed by atoms with Gasteiger partial charge in [-0.1, -0.05) is 59.6 Å². The van der Waals surface area contributed by atoms with Crippen molar-refractivity contribution >= 4 is 40.5 Å². The Bertz CT molecular complexity index is 1170. The number of halogens is 1. The van der Waals surface area contributed by atoms with Crippen molar-refractivity contribution in [2.24, 2.45) is 5.10 Å². The number of hydrazone groups is 1. The first-order valence-corrected chi connectivity index (χ1v) is 9.48. The van der Waals surface area contributed by atoms with Gasteiger partial charge in [0.05, 0.1) is 21.6 Å². The second kappa shape index (κ2) is 9.64. The smallest absolute Gasteiger partial charge is 0.271 e. The molecule has 0 fully saturated rings. The Morgan fingerprint density at radius 1 is 0.968 bits per heavy atom. The number of allylic oxidation sites excluding steroid dienone is 1. The number of hydrogen-bond acceptors (Lipinski definition) is 6. The van der Waals surface area contributed by atoms with Crippen LogP contribution >= 0.6 is 11.6 Å². The maximum absolute atomic E-state index is 11.4. The minimum Gasteiger partial charge on any atom is -0.271 e. The summed E-state index contributed by atoms with van der Waals surface area (Å²) in [4.78, 5) is 20.9. The summed E-state index contributed by atoms with van der Waals surface area (Å²) in [5.74, 6) is 0. The number of aryl methyl sites for hydroxylation is 1. The van der Waals surface area contributed by atoms with E-state index in [2.05, 4.69) is 10.5 Å². The zero-order valence-electron chi connectivity index (χ0n) is 16.4. The van der Waals surface area contributed by atoms with Gasteiger partial charge in [0, 0.05) is 16.7 Å². The van der Waals surface area contributed by atoms with Gasteiger partial charge in [-0.2, -0.15) is 5.10 Å². The van der Waals surface area contributed by atoms with Gasteiger partial charge in [0.1, 0.15) is 5.69 Å². The molecule has 9 heteroatoms. The number of anilines is 1. The Morgan fingerprint density at radius 2 is 1.65 bits per heavy atom. The van der Waals surface area contributed by atoms with Crippen molar-refractivity contribution < 1.29 is 9.85 Å². The van der Waals surface area contributed by atoms with E-state index in [1.807, 2.05) is 49.4 Å². The van der Waals surface area contributed by atoms with Gasteiger partial charge >= 0.3 is 5.69 Å². The van der Waals surface area contributed by atoms with Crippen LogP contribution in [0.2, 0.25) is 5.02 Å². The topological polar surface area (TPSA) is 111 Å². The van der Waals surface area contributed by atoms with Gasteiger partial charge in [0.2, 0.25) is 0 Å². The van der Waals surface area contributed by atoms with E-state index in [-0.39, 0.29) is 11.4 Å². The van der Waals surface area contributed by atoms with E-state index >= 15 is 0 Å². The quantitative estimate of drug-likeness (QED) is 0.277. The zero-order chi connectivity index (χ0) is 22.4. The fraction of sp³-hybridized carbons (Fsp3) is 0.0455. The highest BCUT2D eigenvalue weighted by atomic mass is 35.5. The van der Waals surface area contributed by atoms with Crippen LogP contribution in [-0.2, 0) is 0 Å². The van der Waals surface area contributed by atoms with Crippen molar-refractivity contribution in [1.29, 1.82) is 0 Å². The van der Waals surface area contributed by atoms with Crippen LogP contribution in [0, 0.1) is 27.2 Å². The third-order valence-corrected chi connectivity index (χ3v) is 4.59. The molecule has 0 bridgehead atoms. The van der Waals surface area contributed by atoms with E-state index in [0.29, 0.717) is 10.7 Å². The summed E-state index contributed by atoms with van der Waals surface area (Å²) in [6.45, 7) is 1.96. The van der Waals surface area contributed by atoms with Crippen LogP contribution in [-0.4, -0.2) is 15.6 Å². The number of non-ortho nitro benzene ring substituents is 1. The first-order valence-electron chi connectivity index (χ1n) is 9.11. The molecule has 31 heavy (non-hydrogen) atoms. The molecule has 3 aromatic carbocycles. The molecule has 0 amide bonds. The van der Waals surface area contributed by atoms with Gasteiger partial charge in [0.15, 0.2) is 0 Å². The molecule has 0 unspecified atom stereocenters. The molecule has 156 valence electrons. The molecule has 3 aromatic rings. The summed E-state index contributed by atoms with van der Waals surface area (Å²) >= 11 is 5.92. The SMILES string of the molecule is Cc1ccc(C(/C=C/c2ccc(Cl)cc2)=N/Nc2ccc([N+](=O)[O-])cc2[N+](=O)[O-])cc1. The number of hydrogen-bond donors (Lipinski definition) is 1. The van der Waals surface area contributed by atoms with Crippen LogP contribution in [0.3, 0.4) is 0 Å². The molecule has 0 aliphatic rings. The molecule has 1 N–H and O–H groups in total. The van der Waals surface area contributed by atoms with E-state index in [1.54, 1.807) is 18.2 Å². The number of nitrogens with zero attached hydrogens (tertiary/aromatic N) is 3. The fourth-order valence-electron chi connectivity index (χ4n) is 2.67. The maximum Gasteiger partial charge on any atom is 0.301 e. The molecule has 0 saturated carbocycles. The van der Waals surface area contributed by atoms with Gasteiger partial charge < -0.3 is 0 Å². The molecular formula is C22H17ClN4O4. The molecule has 0 aliphatic carbocycles. The average molecular weight is 437 g/mol. The van der Waals surface area contributed by atoms with Gasteiger partial charge in [-0.25, -0.2) is 0 Å². The lowest BCUT2D eigenvalue weighted by Crippen LogP contribution is -2.03. The van der Waals surface area contributed by atoms with Gasteiger partial charge in [-0.3, -0.25) is 25.7 Å². The molecule has 0 atom stereocenters. The van der Waals surface area contributed by atoms with Gasteiger partial charge in [0.25, 0.3) is 5.69 Å². The lowest BCUT2D eigenvalue weighted by Gasteiger charge is -2.06. The van der Waals surface area contributed by atoms with Crippen molar-refractivity contribution in [3.05, 3.63) is 115 Å². The van der Waals surface area contributed by atoms with Crippen molar-refractivity contribution in [1.82, 2.24) is 0 Å². The second-order valence-corrected chi connectivity index (χ2v) is 7.01. The van der Waals surface area contributed by atoms with E-state index in [1.165, 1.54) is 12.1 Å². The summed E-state index contributed by atoms with van der Waals surface area (Å²) in [6.07, 6.45) is 3.60. The molecule has 0 heterocycles. The minimum absolute atomic E-state index is 0.0418. The summed E-state index contributed by atoms with van der Waals surface area (Å²) < 4.78 is 0. The van der Waals surface area contributed by atoms with E-state index in [9.17, 15) is 20.2 Å². The third kappa shape index (κ3) is 5.74. The monoisotopic (exact) mass is 436 g/mol. The Kier molecular flexibility index (Phi) is 6.74. The highest BCUT2D eigenvalue weighted by Gasteiger charge is 2.19. The highest BCUT2D eigenvalue weighted by Crippen LogP contribution is 2.29. The predicted molar refractivity (Wildman–Crippen MR) is 122 cm³/mol. The predicted octanol–water partition coefficient (Wildman–Crippen LogP) is 5.99. The Labute approximate surface area is 182 Å². The Hall–Kier alpha value is -4.04. The first-order chi connectivity index (χ1) is 14.8. The standard InChI is InChI=1S/C22H17ClN4O4/c1-15-2-7-17(8-3-15)20(12-6-16-4-9-18(23)10-5-16)24-25-21-13-11-19(26(28)29)14-22(21)27(30)31/h2-14,25H,1H3/b12-6+,24-20+. The number of benzene rings is 3. The minimum atomic E-state index is -0.694. The first kappa shape index (κ1) is 21.7. The normalized spacial score (nSPS) is 11.5. The fourth-order valence-corrected chi connectivity index (χ4v) is 2.80. The number of nitro benzene ring substituents is 2. The van der Waals surface area contributed by atoms with E-state index in [0.717, 1.165) is 22.8 Å². The largest absolute Gasteiger partial charge is 0.301 e. The summed E-state index contributed by atoms with van der Waals surface area (Å²) in [5, 5.41) is 27.2. The Morgan fingerprint density at radius 3 is 2.26 bits per heavy atom. The van der Waals surface area contributed by atoms with Crippen molar-refractivity contribution in [3.8, 4) is 0 Å². The molecule has 0 saturated heterocycles. The molecular weight excluding hydrogens is 420 g/mol. The lowest BCUT2D eigenvalue weighted by atomic mass is 10.1. The van der Waals surface area contributed by atoms with Crippen LogP contribution in [0.15, 0.2) is 77.9 Å². The molecule has 3 rings (SSSR count). The van der Waals surface area contributed by atoms with Crippen molar-refractivity contribution in [2.45, 2.75) is 6.92 Å². The Balaban J connectivity index is 1.97. The van der Waals surface area contributed by atoms with E-state index in [4.69, 9.17) is 11.6 Å². The maximum atomic E-state index is 11.4. The average Bonchev–Trinajstić information content (AvgIpc) is 2.75. The summed E-state index contributed by atoms with van der Waals surface area (Å²) in [5.41, 5.74) is 5.17. The van der Waals surface area contributed by atoms with Crippen LogP contribution < -0.4 is 5.43 Å². The van der Waals surface area contributed by atoms with Crippen LogP contribution in [0.4, 0.5) is 17.1 Å². The summed E-state index contributed by atoms with van der Waals surface area (Å²) in [7, 11) is 0. The van der Waals surface area contributed by atoms with Crippen molar-refractivity contribution in [2.75, 3.05) is 5.43 Å². The zero-order valence-corrected chi connectivity index (χ0v) is 17.1. The molecule has 0 radical (unpaired) electrons. The lowest BCUT2D eigenvalue weighted by molar-refractivity contribution is -0.393.